The minimum absolute atomic E-state index is 0.00984. The molecule has 0 aliphatic carbocycles. The summed E-state index contributed by atoms with van der Waals surface area (Å²) in [6, 6.07) is 9.55. The number of nitrogens with one attached hydrogen (secondary N) is 1. The van der Waals surface area contributed by atoms with E-state index < -0.39 is 41.3 Å². The molecule has 0 saturated carbocycles. The van der Waals surface area contributed by atoms with Crippen LogP contribution in [-0.4, -0.2) is 57.1 Å². The number of anilines is 1. The molecule has 1 N–H and O–H groups in total. The third kappa shape index (κ3) is 8.14. The molecule has 0 bridgehead atoms. The van der Waals surface area contributed by atoms with Crippen LogP contribution < -0.4 is 4.31 Å². The molecule has 1 amide bonds. The van der Waals surface area contributed by atoms with Gasteiger partial charge in [-0.25, -0.2) is 21.6 Å². The standard InChI is InChI=1S/C19H20IN3O6S2.C5H10O2/c1-19(2,3)29-18(24)23(12-9-10-14-13(11-12)17(20)22-21-14)31(27,28)16-8-6-5-7-15(16)30(4,25)26;1-5(2,3)7-4-6/h5-11H,1-4H3,(H,21,22);4H,1-3H3. The van der Waals surface area contributed by atoms with E-state index in [1.165, 1.54) is 30.3 Å². The number of hydrogen-bond acceptors (Lipinski definition) is 9. The summed E-state index contributed by atoms with van der Waals surface area (Å²) in [6.45, 7) is 10.7. The molecule has 11 nitrogen and oxygen atoms in total. The number of hydrogen-bond donors (Lipinski definition) is 1. The summed E-state index contributed by atoms with van der Waals surface area (Å²) in [4.78, 5) is 21.7. The number of ether oxygens (including phenoxy) is 2. The van der Waals surface area contributed by atoms with Gasteiger partial charge in [-0.3, -0.25) is 9.89 Å². The Hall–Kier alpha value is -2.72. The number of sulfone groups is 1. The van der Waals surface area contributed by atoms with E-state index in [4.69, 9.17) is 4.74 Å². The molecule has 1 heterocycles. The van der Waals surface area contributed by atoms with Crippen molar-refractivity contribution in [1.29, 1.82) is 0 Å². The van der Waals surface area contributed by atoms with Crippen molar-refractivity contribution in [3.8, 4) is 0 Å². The minimum atomic E-state index is -4.66. The first-order chi connectivity index (χ1) is 17.3. The number of fused-ring (bicyclic) bond motifs is 1. The summed E-state index contributed by atoms with van der Waals surface area (Å²) >= 11 is 2.00. The maximum Gasteiger partial charge on any atom is 0.429 e. The Morgan fingerprint density at radius 3 is 2.03 bits per heavy atom. The maximum absolute atomic E-state index is 13.6. The van der Waals surface area contributed by atoms with Crippen LogP contribution in [0.3, 0.4) is 0 Å². The average molecular weight is 680 g/mol. The molecule has 0 radical (unpaired) electrons. The number of sulfonamides is 1. The number of benzene rings is 2. The lowest BCUT2D eigenvalue weighted by Gasteiger charge is -2.27. The van der Waals surface area contributed by atoms with Crippen molar-refractivity contribution in [2.45, 2.75) is 62.5 Å². The first-order valence-electron chi connectivity index (χ1n) is 11.1. The number of halogens is 1. The second kappa shape index (κ2) is 11.6. The summed E-state index contributed by atoms with van der Waals surface area (Å²) in [5.41, 5.74) is -0.743. The third-order valence-corrected chi connectivity index (χ3v) is 8.31. The second-order valence-electron chi connectivity index (χ2n) is 10.0. The number of aromatic nitrogens is 2. The summed E-state index contributed by atoms with van der Waals surface area (Å²) < 4.78 is 62.7. The Morgan fingerprint density at radius 1 is 0.974 bits per heavy atom. The highest BCUT2D eigenvalue weighted by molar-refractivity contribution is 14.1. The zero-order valence-electron chi connectivity index (χ0n) is 22.0. The van der Waals surface area contributed by atoms with Gasteiger partial charge in [0.2, 0.25) is 0 Å². The van der Waals surface area contributed by atoms with Gasteiger partial charge in [0.1, 0.15) is 19.8 Å². The Kier molecular flexibility index (Phi) is 9.59. The molecule has 3 aromatic rings. The van der Waals surface area contributed by atoms with Gasteiger partial charge in [-0.15, -0.1) is 0 Å². The Morgan fingerprint density at radius 2 is 1.55 bits per heavy atom. The summed E-state index contributed by atoms with van der Waals surface area (Å²) in [6.07, 6.45) is -0.257. The van der Waals surface area contributed by atoms with Gasteiger partial charge in [0.25, 0.3) is 16.5 Å². The van der Waals surface area contributed by atoms with Gasteiger partial charge in [0, 0.05) is 11.6 Å². The predicted molar refractivity (Wildman–Crippen MR) is 151 cm³/mol. The van der Waals surface area contributed by atoms with Crippen molar-refractivity contribution in [2.24, 2.45) is 0 Å². The van der Waals surface area contributed by atoms with Crippen LogP contribution in [0.5, 0.6) is 0 Å². The molecule has 0 aliphatic rings. The van der Waals surface area contributed by atoms with E-state index in [1.54, 1.807) is 26.8 Å². The third-order valence-electron chi connectivity index (χ3n) is 4.45. The molecular weight excluding hydrogens is 649 g/mol. The highest BCUT2D eigenvalue weighted by Crippen LogP contribution is 2.32. The molecule has 38 heavy (non-hydrogen) atoms. The molecule has 3 rings (SSSR count). The number of aromatic amines is 1. The highest BCUT2D eigenvalue weighted by Gasteiger charge is 2.37. The fraction of sp³-hybridized carbons (Fsp3) is 0.375. The van der Waals surface area contributed by atoms with E-state index in [-0.39, 0.29) is 11.3 Å². The molecule has 0 atom stereocenters. The van der Waals surface area contributed by atoms with Crippen molar-refractivity contribution >= 4 is 71.6 Å². The van der Waals surface area contributed by atoms with E-state index in [0.29, 0.717) is 25.4 Å². The summed E-state index contributed by atoms with van der Waals surface area (Å²) in [5, 5.41) is 7.47. The average Bonchev–Trinajstić information content (AvgIpc) is 3.12. The smallest absolute Gasteiger partial charge is 0.429 e. The lowest BCUT2D eigenvalue weighted by atomic mass is 10.2. The molecule has 208 valence electrons. The number of rotatable bonds is 5. The van der Waals surface area contributed by atoms with Gasteiger partial charge in [-0.2, -0.15) is 9.40 Å². The zero-order chi connectivity index (χ0) is 29.1. The molecule has 0 saturated heterocycles. The van der Waals surface area contributed by atoms with Gasteiger partial charge >= 0.3 is 6.09 Å². The molecule has 2 aromatic carbocycles. The Balaban J connectivity index is 0.000000638. The topological polar surface area (TPSA) is 153 Å². The predicted octanol–water partition coefficient (Wildman–Crippen LogP) is 4.66. The van der Waals surface area contributed by atoms with Crippen molar-refractivity contribution in [3.05, 3.63) is 46.2 Å². The van der Waals surface area contributed by atoms with Gasteiger partial charge in [-0.05, 0) is 94.5 Å². The molecule has 1 aromatic heterocycles. The van der Waals surface area contributed by atoms with Crippen LogP contribution in [0.15, 0.2) is 52.3 Å². The number of H-pyrrole nitrogens is 1. The fourth-order valence-corrected chi connectivity index (χ4v) is 6.43. The molecule has 0 aliphatic heterocycles. The number of carbonyl (C=O) groups excluding carboxylic acids is 2. The minimum Gasteiger partial charge on any atom is -0.462 e. The lowest BCUT2D eigenvalue weighted by Crippen LogP contribution is -2.41. The van der Waals surface area contributed by atoms with Crippen LogP contribution in [0.2, 0.25) is 0 Å². The Labute approximate surface area is 236 Å². The van der Waals surface area contributed by atoms with Gasteiger partial charge in [0.05, 0.1) is 16.1 Å². The van der Waals surface area contributed by atoms with Crippen molar-refractivity contribution < 1.29 is 35.9 Å². The fourth-order valence-electron chi connectivity index (χ4n) is 2.95. The second-order valence-corrected chi connectivity index (χ2v) is 14.9. The Bertz CT molecular complexity index is 1540. The van der Waals surface area contributed by atoms with Crippen LogP contribution in [-0.2, 0) is 34.1 Å². The molecule has 0 unspecified atom stereocenters. The monoisotopic (exact) mass is 679 g/mol. The van der Waals surface area contributed by atoms with Gasteiger partial charge in [0.15, 0.2) is 9.84 Å². The summed E-state index contributed by atoms with van der Waals surface area (Å²) in [5.74, 6) is 0. The number of amides is 1. The molecule has 14 heteroatoms. The van der Waals surface area contributed by atoms with Crippen molar-refractivity contribution in [2.75, 3.05) is 10.6 Å². The van der Waals surface area contributed by atoms with Crippen LogP contribution in [0.4, 0.5) is 10.5 Å². The number of nitrogens with zero attached hydrogens (tertiary/aromatic N) is 2. The van der Waals surface area contributed by atoms with Gasteiger partial charge < -0.3 is 9.47 Å². The maximum atomic E-state index is 13.6. The van der Waals surface area contributed by atoms with Crippen LogP contribution >= 0.6 is 22.6 Å². The van der Waals surface area contributed by atoms with E-state index in [2.05, 4.69) is 14.9 Å². The van der Waals surface area contributed by atoms with E-state index in [9.17, 15) is 26.4 Å². The van der Waals surface area contributed by atoms with Gasteiger partial charge in [-0.1, -0.05) is 12.1 Å². The lowest BCUT2D eigenvalue weighted by molar-refractivity contribution is -0.138. The SMILES string of the molecule is CC(C)(C)OC(=O)N(c1ccc2n[nH]c(I)c2c1)S(=O)(=O)c1ccccc1S(C)(=O)=O.CC(C)(C)OC=O. The summed E-state index contributed by atoms with van der Waals surface area (Å²) in [7, 11) is -8.56. The zero-order valence-corrected chi connectivity index (χ0v) is 25.8. The molecule has 0 fully saturated rings. The quantitative estimate of drug-likeness (QED) is 0.300. The number of carbonyl (C=O) groups is 2. The highest BCUT2D eigenvalue weighted by atomic mass is 127. The van der Waals surface area contributed by atoms with E-state index in [1.807, 2.05) is 43.4 Å². The van der Waals surface area contributed by atoms with Crippen LogP contribution in [0.1, 0.15) is 41.5 Å². The van der Waals surface area contributed by atoms with E-state index >= 15 is 0 Å². The van der Waals surface area contributed by atoms with Crippen LogP contribution in [0, 0.1) is 3.70 Å². The van der Waals surface area contributed by atoms with E-state index in [0.717, 1.165) is 12.3 Å². The van der Waals surface area contributed by atoms with Crippen LogP contribution in [0.25, 0.3) is 10.9 Å². The normalized spacial score (nSPS) is 12.3. The molecule has 0 spiro atoms. The first-order valence-corrected chi connectivity index (χ1v) is 15.5. The first kappa shape index (κ1) is 31.5. The largest absolute Gasteiger partial charge is 0.462 e. The van der Waals surface area contributed by atoms with Crippen molar-refractivity contribution in [1.82, 2.24) is 10.2 Å². The van der Waals surface area contributed by atoms with Crippen molar-refractivity contribution in [3.63, 3.8) is 0 Å². The molecular formula is C24H30IN3O8S2.